The molecular formula is C10H20O2. The highest BCUT2D eigenvalue weighted by Gasteiger charge is 2.22. The minimum absolute atomic E-state index is 0.0981. The average Bonchev–Trinajstić information content (AvgIpc) is 2.56. The van der Waals surface area contributed by atoms with Gasteiger partial charge in [-0.1, -0.05) is 12.8 Å². The monoisotopic (exact) mass is 172 g/mol. The summed E-state index contributed by atoms with van der Waals surface area (Å²) in [5, 5.41) is 18.3. The van der Waals surface area contributed by atoms with Crippen LogP contribution in [0.3, 0.4) is 0 Å². The SMILES string of the molecule is OCCCCC(O)C1CCCC1. The van der Waals surface area contributed by atoms with E-state index < -0.39 is 0 Å². The molecule has 72 valence electrons. The summed E-state index contributed by atoms with van der Waals surface area (Å²) in [7, 11) is 0. The molecule has 2 heteroatoms. The molecule has 0 spiro atoms. The standard InChI is InChI=1S/C10H20O2/c11-8-4-3-7-10(12)9-5-1-2-6-9/h9-12H,1-8H2. The van der Waals surface area contributed by atoms with Crippen LogP contribution in [0.4, 0.5) is 0 Å². The van der Waals surface area contributed by atoms with Crippen molar-refractivity contribution in [2.45, 2.75) is 51.0 Å². The summed E-state index contributed by atoms with van der Waals surface area (Å²) >= 11 is 0. The Morgan fingerprint density at radius 1 is 1.17 bits per heavy atom. The molecule has 0 aromatic heterocycles. The van der Waals surface area contributed by atoms with Crippen LogP contribution < -0.4 is 0 Å². The van der Waals surface area contributed by atoms with Gasteiger partial charge < -0.3 is 10.2 Å². The minimum Gasteiger partial charge on any atom is -0.396 e. The highest BCUT2D eigenvalue weighted by Crippen LogP contribution is 2.29. The van der Waals surface area contributed by atoms with Gasteiger partial charge in [0.1, 0.15) is 0 Å². The second-order valence-corrected chi connectivity index (χ2v) is 3.83. The van der Waals surface area contributed by atoms with Gasteiger partial charge in [-0.25, -0.2) is 0 Å². The van der Waals surface area contributed by atoms with Crippen molar-refractivity contribution < 1.29 is 10.2 Å². The Kier molecular flexibility index (Phi) is 4.62. The minimum atomic E-state index is -0.0981. The summed E-state index contributed by atoms with van der Waals surface area (Å²) in [6, 6.07) is 0. The molecule has 1 rings (SSSR count). The maximum absolute atomic E-state index is 9.69. The fourth-order valence-electron chi connectivity index (χ4n) is 2.04. The molecule has 0 bridgehead atoms. The Balaban J connectivity index is 2.05. The lowest BCUT2D eigenvalue weighted by atomic mass is 9.96. The molecule has 1 unspecified atom stereocenters. The maximum atomic E-state index is 9.69. The van der Waals surface area contributed by atoms with Gasteiger partial charge in [-0.2, -0.15) is 0 Å². The third-order valence-corrected chi connectivity index (χ3v) is 2.85. The smallest absolute Gasteiger partial charge is 0.0568 e. The van der Waals surface area contributed by atoms with Crippen molar-refractivity contribution in [3.63, 3.8) is 0 Å². The second kappa shape index (κ2) is 5.55. The topological polar surface area (TPSA) is 40.5 Å². The molecule has 0 heterocycles. The lowest BCUT2D eigenvalue weighted by Crippen LogP contribution is -2.17. The molecule has 0 radical (unpaired) electrons. The predicted octanol–water partition coefficient (Wildman–Crippen LogP) is 1.70. The third kappa shape index (κ3) is 3.11. The van der Waals surface area contributed by atoms with Crippen LogP contribution in [0, 0.1) is 5.92 Å². The summed E-state index contributed by atoms with van der Waals surface area (Å²) in [4.78, 5) is 0. The summed E-state index contributed by atoms with van der Waals surface area (Å²) in [6.45, 7) is 0.261. The Morgan fingerprint density at radius 3 is 2.42 bits per heavy atom. The molecule has 1 atom stereocenters. The zero-order valence-corrected chi connectivity index (χ0v) is 7.71. The van der Waals surface area contributed by atoms with Crippen LogP contribution in [-0.4, -0.2) is 22.9 Å². The van der Waals surface area contributed by atoms with E-state index in [4.69, 9.17) is 5.11 Å². The third-order valence-electron chi connectivity index (χ3n) is 2.85. The van der Waals surface area contributed by atoms with Gasteiger partial charge in [0.15, 0.2) is 0 Å². The van der Waals surface area contributed by atoms with Crippen LogP contribution >= 0.6 is 0 Å². The van der Waals surface area contributed by atoms with Crippen LogP contribution in [-0.2, 0) is 0 Å². The van der Waals surface area contributed by atoms with Gasteiger partial charge in [0, 0.05) is 6.61 Å². The van der Waals surface area contributed by atoms with Gasteiger partial charge in [-0.15, -0.1) is 0 Å². The molecule has 0 aromatic rings. The first kappa shape index (κ1) is 10.0. The summed E-state index contributed by atoms with van der Waals surface area (Å²) < 4.78 is 0. The van der Waals surface area contributed by atoms with Crippen LogP contribution in [0.2, 0.25) is 0 Å². The fourth-order valence-corrected chi connectivity index (χ4v) is 2.04. The number of hydrogen-bond acceptors (Lipinski definition) is 2. The van der Waals surface area contributed by atoms with E-state index in [0.717, 1.165) is 19.3 Å². The first-order chi connectivity index (χ1) is 5.84. The van der Waals surface area contributed by atoms with E-state index >= 15 is 0 Å². The molecule has 2 N–H and O–H groups in total. The number of aliphatic hydroxyl groups is 2. The lowest BCUT2D eigenvalue weighted by molar-refractivity contribution is 0.0972. The van der Waals surface area contributed by atoms with Crippen LogP contribution in [0.5, 0.6) is 0 Å². The Bertz CT molecular complexity index is 108. The molecule has 2 nitrogen and oxygen atoms in total. The van der Waals surface area contributed by atoms with Gasteiger partial charge >= 0.3 is 0 Å². The zero-order valence-electron chi connectivity index (χ0n) is 7.71. The molecule has 0 amide bonds. The highest BCUT2D eigenvalue weighted by molar-refractivity contribution is 4.74. The lowest BCUT2D eigenvalue weighted by Gasteiger charge is -2.16. The largest absolute Gasteiger partial charge is 0.396 e. The van der Waals surface area contributed by atoms with E-state index in [2.05, 4.69) is 0 Å². The normalized spacial score (nSPS) is 21.5. The first-order valence-corrected chi connectivity index (χ1v) is 5.13. The van der Waals surface area contributed by atoms with E-state index in [9.17, 15) is 5.11 Å². The van der Waals surface area contributed by atoms with Crippen LogP contribution in [0.1, 0.15) is 44.9 Å². The van der Waals surface area contributed by atoms with E-state index in [1.54, 1.807) is 0 Å². The number of aliphatic hydroxyl groups excluding tert-OH is 2. The Labute approximate surface area is 74.6 Å². The molecule has 1 saturated carbocycles. The van der Waals surface area contributed by atoms with Crippen molar-refractivity contribution in [3.05, 3.63) is 0 Å². The van der Waals surface area contributed by atoms with Crippen LogP contribution in [0.15, 0.2) is 0 Å². The van der Waals surface area contributed by atoms with Gasteiger partial charge in [0.25, 0.3) is 0 Å². The van der Waals surface area contributed by atoms with E-state index in [-0.39, 0.29) is 12.7 Å². The van der Waals surface area contributed by atoms with E-state index in [1.807, 2.05) is 0 Å². The summed E-state index contributed by atoms with van der Waals surface area (Å²) in [5.41, 5.74) is 0. The van der Waals surface area contributed by atoms with E-state index in [0.29, 0.717) is 5.92 Å². The Hall–Kier alpha value is -0.0800. The predicted molar refractivity (Wildman–Crippen MR) is 48.9 cm³/mol. The summed E-state index contributed by atoms with van der Waals surface area (Å²) in [5.74, 6) is 0.559. The van der Waals surface area contributed by atoms with Gasteiger partial charge in [-0.05, 0) is 38.0 Å². The highest BCUT2D eigenvalue weighted by atomic mass is 16.3. The summed E-state index contributed by atoms with van der Waals surface area (Å²) in [6.07, 6.45) is 7.59. The molecule has 12 heavy (non-hydrogen) atoms. The van der Waals surface area contributed by atoms with Crippen molar-refractivity contribution in [2.75, 3.05) is 6.61 Å². The first-order valence-electron chi connectivity index (χ1n) is 5.13. The van der Waals surface area contributed by atoms with Crippen molar-refractivity contribution in [1.82, 2.24) is 0 Å². The van der Waals surface area contributed by atoms with Crippen molar-refractivity contribution in [3.8, 4) is 0 Å². The molecule has 1 aliphatic rings. The quantitative estimate of drug-likeness (QED) is 0.620. The molecule has 1 aliphatic carbocycles. The fraction of sp³-hybridized carbons (Fsp3) is 1.00. The van der Waals surface area contributed by atoms with Gasteiger partial charge in [0.2, 0.25) is 0 Å². The zero-order chi connectivity index (χ0) is 8.81. The number of hydrogen-bond donors (Lipinski definition) is 2. The number of unbranched alkanes of at least 4 members (excludes halogenated alkanes) is 1. The second-order valence-electron chi connectivity index (χ2n) is 3.83. The molecule has 0 saturated heterocycles. The maximum Gasteiger partial charge on any atom is 0.0568 e. The molecule has 1 fully saturated rings. The Morgan fingerprint density at radius 2 is 1.83 bits per heavy atom. The average molecular weight is 172 g/mol. The van der Waals surface area contributed by atoms with Crippen molar-refractivity contribution in [1.29, 1.82) is 0 Å². The molecule has 0 aromatic carbocycles. The number of rotatable bonds is 5. The van der Waals surface area contributed by atoms with Crippen molar-refractivity contribution >= 4 is 0 Å². The van der Waals surface area contributed by atoms with Gasteiger partial charge in [0.05, 0.1) is 6.10 Å². The molecular weight excluding hydrogens is 152 g/mol. The van der Waals surface area contributed by atoms with Gasteiger partial charge in [-0.3, -0.25) is 0 Å². The van der Waals surface area contributed by atoms with Crippen LogP contribution in [0.25, 0.3) is 0 Å². The van der Waals surface area contributed by atoms with E-state index in [1.165, 1.54) is 25.7 Å². The van der Waals surface area contributed by atoms with Crippen molar-refractivity contribution in [2.24, 2.45) is 5.92 Å². The molecule has 0 aliphatic heterocycles.